The molecule has 1 aliphatic rings. The zero-order chi connectivity index (χ0) is 19.4. The van der Waals surface area contributed by atoms with Crippen LogP contribution in [0.1, 0.15) is 40.3 Å². The minimum atomic E-state index is -0.593. The molecule has 0 saturated carbocycles. The van der Waals surface area contributed by atoms with Crippen LogP contribution in [0.5, 0.6) is 0 Å². The molecule has 1 fully saturated rings. The normalized spacial score (nSPS) is 16.9. The van der Waals surface area contributed by atoms with Gasteiger partial charge in [0.2, 0.25) is 5.78 Å². The molecule has 0 spiro atoms. The molecular weight excluding hydrogens is 414 g/mol. The Hall–Kier alpha value is -2.12. The Labute approximate surface area is 166 Å². The number of carbonyl (C=O) groups excluding carboxylic acids is 2. The van der Waals surface area contributed by atoms with Gasteiger partial charge in [-0.2, -0.15) is 0 Å². The number of furan rings is 1. The number of ether oxygens (including phenoxy) is 2. The number of halogens is 1. The molecule has 1 atom stereocenters. The summed E-state index contributed by atoms with van der Waals surface area (Å²) in [4.78, 5) is 24.3. The predicted octanol–water partition coefficient (Wildman–Crippen LogP) is 4.08. The highest BCUT2D eigenvalue weighted by Gasteiger charge is 2.21. The van der Waals surface area contributed by atoms with Crippen molar-refractivity contribution in [3.63, 3.8) is 0 Å². The maximum absolute atomic E-state index is 12.5. The van der Waals surface area contributed by atoms with Crippen molar-refractivity contribution < 1.29 is 23.5 Å². The number of Topliss-reactive ketones (excluding diaryl/α,β-unsaturated/α-hetero) is 1. The maximum Gasteiger partial charge on any atom is 0.331 e. The number of aryl methyl sites for hydroxylation is 1. The average molecular weight is 436 g/mol. The first-order chi connectivity index (χ1) is 12.9. The fraction of sp³-hybridized carbons (Fsp3) is 0.400. The molecule has 0 aromatic carbocycles. The van der Waals surface area contributed by atoms with Gasteiger partial charge in [0, 0.05) is 36.2 Å². The first kappa shape index (κ1) is 19.6. The van der Waals surface area contributed by atoms with Crippen LogP contribution < -0.4 is 0 Å². The third-order valence-corrected chi connectivity index (χ3v) is 5.03. The Morgan fingerprint density at radius 2 is 2.19 bits per heavy atom. The van der Waals surface area contributed by atoms with E-state index in [-0.39, 0.29) is 18.5 Å². The molecule has 1 unspecified atom stereocenters. The van der Waals surface area contributed by atoms with Crippen molar-refractivity contribution >= 4 is 33.8 Å². The SMILES string of the molecule is Cc1cc(C(=O)COC(=O)/C=C/c2ccc(Br)o2)c(C)n1CC1CCCO1. The molecule has 27 heavy (non-hydrogen) atoms. The van der Waals surface area contributed by atoms with Crippen LogP contribution in [-0.4, -0.2) is 35.6 Å². The summed E-state index contributed by atoms with van der Waals surface area (Å²) in [5.74, 6) is -0.295. The van der Waals surface area contributed by atoms with E-state index in [1.165, 1.54) is 12.2 Å². The first-order valence-electron chi connectivity index (χ1n) is 8.85. The quantitative estimate of drug-likeness (QED) is 0.372. The number of carbonyl (C=O) groups is 2. The van der Waals surface area contributed by atoms with Crippen molar-refractivity contribution in [2.75, 3.05) is 13.2 Å². The molecule has 3 rings (SSSR count). The van der Waals surface area contributed by atoms with Gasteiger partial charge in [0.25, 0.3) is 0 Å². The monoisotopic (exact) mass is 435 g/mol. The summed E-state index contributed by atoms with van der Waals surface area (Å²) in [5, 5.41) is 0. The molecule has 0 amide bonds. The molecule has 144 valence electrons. The van der Waals surface area contributed by atoms with Crippen LogP contribution >= 0.6 is 15.9 Å². The van der Waals surface area contributed by atoms with E-state index in [0.29, 0.717) is 16.0 Å². The van der Waals surface area contributed by atoms with E-state index in [9.17, 15) is 9.59 Å². The molecule has 1 aliphatic heterocycles. The topological polar surface area (TPSA) is 70.7 Å². The Bertz CT molecular complexity index is 858. The van der Waals surface area contributed by atoms with E-state index in [0.717, 1.165) is 37.4 Å². The standard InChI is InChI=1S/C20H22BrNO5/c1-13-10-17(14(2)22(13)11-16-4-3-9-25-16)18(23)12-26-20(24)8-6-15-5-7-19(21)27-15/h5-8,10,16H,3-4,9,11-12H2,1-2H3/b8-6+. The molecule has 2 aromatic heterocycles. The number of esters is 1. The van der Waals surface area contributed by atoms with Gasteiger partial charge in [-0.25, -0.2) is 4.79 Å². The summed E-state index contributed by atoms with van der Waals surface area (Å²) in [6, 6.07) is 5.28. The Balaban J connectivity index is 1.57. The number of aromatic nitrogens is 1. The smallest absolute Gasteiger partial charge is 0.331 e. The van der Waals surface area contributed by atoms with Crippen molar-refractivity contribution in [3.05, 3.63) is 51.7 Å². The van der Waals surface area contributed by atoms with E-state index in [1.807, 2.05) is 19.9 Å². The lowest BCUT2D eigenvalue weighted by Gasteiger charge is -2.14. The molecular formula is C20H22BrNO5. The van der Waals surface area contributed by atoms with Gasteiger partial charge in [-0.3, -0.25) is 4.79 Å². The predicted molar refractivity (Wildman–Crippen MR) is 104 cm³/mol. The fourth-order valence-electron chi connectivity index (χ4n) is 3.19. The van der Waals surface area contributed by atoms with Gasteiger partial charge in [-0.05, 0) is 66.9 Å². The fourth-order valence-corrected chi connectivity index (χ4v) is 3.51. The van der Waals surface area contributed by atoms with Crippen LogP contribution in [0.3, 0.4) is 0 Å². The van der Waals surface area contributed by atoms with Crippen molar-refractivity contribution in [2.24, 2.45) is 0 Å². The van der Waals surface area contributed by atoms with Crippen molar-refractivity contribution in [3.8, 4) is 0 Å². The first-order valence-corrected chi connectivity index (χ1v) is 9.65. The summed E-state index contributed by atoms with van der Waals surface area (Å²) in [6.45, 7) is 5.12. The maximum atomic E-state index is 12.5. The minimum Gasteiger partial charge on any atom is -0.454 e. The largest absolute Gasteiger partial charge is 0.454 e. The molecule has 3 heterocycles. The molecule has 0 aliphatic carbocycles. The van der Waals surface area contributed by atoms with E-state index in [2.05, 4.69) is 20.5 Å². The van der Waals surface area contributed by atoms with Gasteiger partial charge in [0.1, 0.15) is 5.76 Å². The summed E-state index contributed by atoms with van der Waals surface area (Å²) in [5.41, 5.74) is 2.46. The van der Waals surface area contributed by atoms with Crippen molar-refractivity contribution in [1.82, 2.24) is 4.57 Å². The Morgan fingerprint density at radius 3 is 2.85 bits per heavy atom. The minimum absolute atomic E-state index is 0.197. The van der Waals surface area contributed by atoms with Crippen LogP contribution in [0, 0.1) is 13.8 Å². The van der Waals surface area contributed by atoms with Gasteiger partial charge >= 0.3 is 5.97 Å². The number of ketones is 1. The molecule has 0 bridgehead atoms. The second kappa shape index (κ2) is 8.71. The average Bonchev–Trinajstić information content (AvgIpc) is 3.36. The summed E-state index contributed by atoms with van der Waals surface area (Å²) >= 11 is 3.19. The molecule has 0 radical (unpaired) electrons. The zero-order valence-corrected chi connectivity index (χ0v) is 17.0. The van der Waals surface area contributed by atoms with E-state index in [4.69, 9.17) is 13.9 Å². The third kappa shape index (κ3) is 4.99. The molecule has 6 nitrogen and oxygen atoms in total. The van der Waals surface area contributed by atoms with Crippen molar-refractivity contribution in [2.45, 2.75) is 39.3 Å². The molecule has 1 saturated heterocycles. The highest BCUT2D eigenvalue weighted by molar-refractivity contribution is 9.10. The van der Waals surface area contributed by atoms with Crippen molar-refractivity contribution in [1.29, 1.82) is 0 Å². The number of nitrogens with zero attached hydrogens (tertiary/aromatic N) is 1. The van der Waals surface area contributed by atoms with Gasteiger partial charge in [-0.1, -0.05) is 0 Å². The van der Waals surface area contributed by atoms with Crippen LogP contribution in [0.2, 0.25) is 0 Å². The molecule has 0 N–H and O–H groups in total. The highest BCUT2D eigenvalue weighted by Crippen LogP contribution is 2.21. The summed E-state index contributed by atoms with van der Waals surface area (Å²) in [6.07, 6.45) is 5.04. The molecule has 7 heteroatoms. The Morgan fingerprint density at radius 1 is 1.37 bits per heavy atom. The lowest BCUT2D eigenvalue weighted by atomic mass is 10.1. The molecule has 2 aromatic rings. The lowest BCUT2D eigenvalue weighted by molar-refractivity contribution is -0.136. The number of hydrogen-bond acceptors (Lipinski definition) is 5. The van der Waals surface area contributed by atoms with E-state index < -0.39 is 5.97 Å². The second-order valence-corrected chi connectivity index (χ2v) is 7.32. The Kier molecular flexibility index (Phi) is 6.34. The van der Waals surface area contributed by atoms with Gasteiger partial charge in [0.15, 0.2) is 11.3 Å². The van der Waals surface area contributed by atoms with Crippen LogP contribution in [0.25, 0.3) is 6.08 Å². The third-order valence-electron chi connectivity index (χ3n) is 4.61. The van der Waals surface area contributed by atoms with Crippen LogP contribution in [-0.2, 0) is 20.8 Å². The second-order valence-electron chi connectivity index (χ2n) is 6.54. The van der Waals surface area contributed by atoms with Crippen LogP contribution in [0.15, 0.2) is 33.4 Å². The van der Waals surface area contributed by atoms with E-state index >= 15 is 0 Å². The van der Waals surface area contributed by atoms with Gasteiger partial charge in [0.05, 0.1) is 6.10 Å². The number of hydrogen-bond donors (Lipinski definition) is 0. The highest BCUT2D eigenvalue weighted by atomic mass is 79.9. The number of rotatable bonds is 7. The van der Waals surface area contributed by atoms with Crippen LogP contribution in [0.4, 0.5) is 0 Å². The zero-order valence-electron chi connectivity index (χ0n) is 15.4. The van der Waals surface area contributed by atoms with Gasteiger partial charge < -0.3 is 18.5 Å². The summed E-state index contributed by atoms with van der Waals surface area (Å²) in [7, 11) is 0. The van der Waals surface area contributed by atoms with E-state index in [1.54, 1.807) is 12.1 Å². The lowest BCUT2D eigenvalue weighted by Crippen LogP contribution is -2.18. The summed E-state index contributed by atoms with van der Waals surface area (Å²) < 4.78 is 18.7. The van der Waals surface area contributed by atoms with Gasteiger partial charge in [-0.15, -0.1) is 0 Å².